The topological polar surface area (TPSA) is 101 Å². The van der Waals surface area contributed by atoms with Crippen molar-refractivity contribution in [3.05, 3.63) is 88.7 Å². The summed E-state index contributed by atoms with van der Waals surface area (Å²) >= 11 is 0. The number of nitrogens with zero attached hydrogens (tertiary/aromatic N) is 1. The van der Waals surface area contributed by atoms with Crippen molar-refractivity contribution < 1.29 is 19.4 Å². The zero-order chi connectivity index (χ0) is 22.9. The highest BCUT2D eigenvalue weighted by Crippen LogP contribution is 2.25. The highest BCUT2D eigenvalue weighted by atomic mass is 16.5. The average molecular weight is 434 g/mol. The summed E-state index contributed by atoms with van der Waals surface area (Å²) in [6.45, 7) is 5.08. The van der Waals surface area contributed by atoms with Crippen molar-refractivity contribution in [1.82, 2.24) is 15.6 Å². The Labute approximate surface area is 187 Å². The van der Waals surface area contributed by atoms with Gasteiger partial charge in [0.2, 0.25) is 0 Å². The molecule has 3 aromatic rings. The summed E-state index contributed by atoms with van der Waals surface area (Å²) in [6, 6.07) is 13.6. The largest absolute Gasteiger partial charge is 0.508 e. The van der Waals surface area contributed by atoms with Crippen LogP contribution >= 0.6 is 0 Å². The van der Waals surface area contributed by atoms with Crippen LogP contribution in [-0.4, -0.2) is 35.0 Å². The third-order valence-electron chi connectivity index (χ3n) is 4.86. The average Bonchev–Trinajstić information content (AvgIpc) is 2.78. The Morgan fingerprint density at radius 1 is 0.938 bits per heavy atom. The monoisotopic (exact) mass is 433 g/mol. The molecule has 0 saturated heterocycles. The molecule has 0 aliphatic rings. The fraction of sp³-hybridized carbons (Fsp3) is 0.240. The summed E-state index contributed by atoms with van der Waals surface area (Å²) in [5.41, 5.74) is 3.71. The number of rotatable bonds is 9. The van der Waals surface area contributed by atoms with Gasteiger partial charge in [-0.2, -0.15) is 0 Å². The van der Waals surface area contributed by atoms with E-state index in [1.54, 1.807) is 24.5 Å². The molecule has 0 radical (unpaired) electrons. The summed E-state index contributed by atoms with van der Waals surface area (Å²) in [5, 5.41) is 15.1. The lowest BCUT2D eigenvalue weighted by Crippen LogP contribution is -2.30. The Kier molecular flexibility index (Phi) is 7.80. The number of pyridine rings is 1. The maximum atomic E-state index is 12.5. The molecule has 0 fully saturated rings. The van der Waals surface area contributed by atoms with Gasteiger partial charge in [0.05, 0.1) is 0 Å². The predicted octanol–water partition coefficient (Wildman–Crippen LogP) is 3.53. The second-order valence-corrected chi connectivity index (χ2v) is 7.50. The Balaban J connectivity index is 1.46. The molecule has 3 N–H and O–H groups in total. The molecule has 32 heavy (non-hydrogen) atoms. The van der Waals surface area contributed by atoms with E-state index in [0.29, 0.717) is 37.2 Å². The lowest BCUT2D eigenvalue weighted by molar-refractivity contribution is 0.0951. The Morgan fingerprint density at radius 3 is 2.25 bits per heavy atom. The van der Waals surface area contributed by atoms with Gasteiger partial charge >= 0.3 is 0 Å². The van der Waals surface area contributed by atoms with Gasteiger partial charge in [0.1, 0.15) is 18.1 Å². The minimum Gasteiger partial charge on any atom is -0.508 e. The van der Waals surface area contributed by atoms with Crippen LogP contribution in [-0.2, 0) is 6.61 Å². The maximum Gasteiger partial charge on any atom is 0.251 e. The molecule has 1 heterocycles. The molecule has 7 heteroatoms. The predicted molar refractivity (Wildman–Crippen MR) is 122 cm³/mol. The number of nitrogens with one attached hydrogen (secondary N) is 2. The van der Waals surface area contributed by atoms with E-state index in [4.69, 9.17) is 4.74 Å². The number of hydrogen-bond donors (Lipinski definition) is 3. The van der Waals surface area contributed by atoms with Crippen molar-refractivity contribution in [1.29, 1.82) is 0 Å². The van der Waals surface area contributed by atoms with Crippen LogP contribution in [0.25, 0.3) is 0 Å². The fourth-order valence-electron chi connectivity index (χ4n) is 3.29. The second kappa shape index (κ2) is 10.9. The van der Waals surface area contributed by atoms with Gasteiger partial charge in [-0.1, -0.05) is 12.1 Å². The minimum absolute atomic E-state index is 0.0454. The Morgan fingerprint density at radius 2 is 1.62 bits per heavy atom. The van der Waals surface area contributed by atoms with E-state index in [-0.39, 0.29) is 17.6 Å². The number of aromatic hydroxyl groups is 1. The molecular formula is C25H27N3O4. The van der Waals surface area contributed by atoms with E-state index in [1.807, 2.05) is 38.1 Å². The number of hydrogen-bond acceptors (Lipinski definition) is 5. The number of carbonyl (C=O) groups is 2. The first-order chi connectivity index (χ1) is 15.4. The Hall–Kier alpha value is -3.87. The van der Waals surface area contributed by atoms with Gasteiger partial charge in [0, 0.05) is 42.2 Å². The first-order valence-corrected chi connectivity index (χ1v) is 10.4. The lowest BCUT2D eigenvalue weighted by Gasteiger charge is -2.14. The summed E-state index contributed by atoms with van der Waals surface area (Å²) < 4.78 is 5.94. The van der Waals surface area contributed by atoms with Gasteiger partial charge in [0.15, 0.2) is 0 Å². The molecule has 166 valence electrons. The van der Waals surface area contributed by atoms with Crippen molar-refractivity contribution in [3.8, 4) is 11.5 Å². The molecular weight excluding hydrogens is 406 g/mol. The molecule has 0 bridgehead atoms. The Bertz CT molecular complexity index is 1060. The van der Waals surface area contributed by atoms with Crippen LogP contribution in [0, 0.1) is 13.8 Å². The first-order valence-electron chi connectivity index (χ1n) is 10.4. The number of carbonyl (C=O) groups excluding carboxylic acids is 2. The summed E-state index contributed by atoms with van der Waals surface area (Å²) in [4.78, 5) is 28.6. The molecule has 0 saturated carbocycles. The van der Waals surface area contributed by atoms with Crippen molar-refractivity contribution in [2.24, 2.45) is 0 Å². The van der Waals surface area contributed by atoms with E-state index in [2.05, 4.69) is 15.6 Å². The quantitative estimate of drug-likeness (QED) is 0.448. The van der Waals surface area contributed by atoms with Gasteiger partial charge in [-0.25, -0.2) is 0 Å². The second-order valence-electron chi connectivity index (χ2n) is 7.50. The van der Waals surface area contributed by atoms with Gasteiger partial charge in [-0.05, 0) is 67.8 Å². The molecule has 2 amide bonds. The highest BCUT2D eigenvalue weighted by Gasteiger charge is 2.12. The molecule has 7 nitrogen and oxygen atoms in total. The molecule has 3 rings (SSSR count). The summed E-state index contributed by atoms with van der Waals surface area (Å²) in [5.74, 6) is 0.374. The molecule has 0 spiro atoms. The SMILES string of the molecule is Cc1cc(C(=O)NCCCNC(=O)c2cccc(O)c2)cc(C)c1OCc1cccnc1. The zero-order valence-electron chi connectivity index (χ0n) is 18.2. The molecule has 2 aromatic carbocycles. The highest BCUT2D eigenvalue weighted by molar-refractivity contribution is 5.95. The maximum absolute atomic E-state index is 12.5. The first kappa shape index (κ1) is 22.8. The number of amides is 2. The van der Waals surface area contributed by atoms with Gasteiger partial charge < -0.3 is 20.5 Å². The van der Waals surface area contributed by atoms with Crippen LogP contribution in [0.1, 0.15) is 43.8 Å². The van der Waals surface area contributed by atoms with Crippen molar-refractivity contribution in [3.63, 3.8) is 0 Å². The van der Waals surface area contributed by atoms with Gasteiger partial charge in [0.25, 0.3) is 11.8 Å². The molecule has 0 atom stereocenters. The lowest BCUT2D eigenvalue weighted by atomic mass is 10.0. The number of aromatic nitrogens is 1. The van der Waals surface area contributed by atoms with Crippen molar-refractivity contribution >= 4 is 11.8 Å². The smallest absolute Gasteiger partial charge is 0.251 e. The third kappa shape index (κ3) is 6.31. The van der Waals surface area contributed by atoms with Crippen LogP contribution in [0.2, 0.25) is 0 Å². The van der Waals surface area contributed by atoms with Gasteiger partial charge in [-0.3, -0.25) is 14.6 Å². The van der Waals surface area contributed by atoms with Crippen LogP contribution in [0.15, 0.2) is 60.9 Å². The fourth-order valence-corrected chi connectivity index (χ4v) is 3.29. The molecule has 0 aliphatic heterocycles. The van der Waals surface area contributed by atoms with Crippen LogP contribution < -0.4 is 15.4 Å². The number of phenolic OH excluding ortho intramolecular Hbond substituents is 1. The third-order valence-corrected chi connectivity index (χ3v) is 4.86. The molecule has 0 unspecified atom stereocenters. The van der Waals surface area contributed by atoms with Crippen molar-refractivity contribution in [2.75, 3.05) is 13.1 Å². The van der Waals surface area contributed by atoms with Crippen LogP contribution in [0.3, 0.4) is 0 Å². The minimum atomic E-state index is -0.264. The van der Waals surface area contributed by atoms with E-state index in [0.717, 1.165) is 22.4 Å². The molecule has 0 aliphatic carbocycles. The van der Waals surface area contributed by atoms with E-state index in [9.17, 15) is 14.7 Å². The van der Waals surface area contributed by atoms with E-state index < -0.39 is 0 Å². The normalized spacial score (nSPS) is 10.4. The van der Waals surface area contributed by atoms with Crippen LogP contribution in [0.5, 0.6) is 11.5 Å². The van der Waals surface area contributed by atoms with Crippen LogP contribution in [0.4, 0.5) is 0 Å². The van der Waals surface area contributed by atoms with Gasteiger partial charge in [-0.15, -0.1) is 0 Å². The molecule has 1 aromatic heterocycles. The van der Waals surface area contributed by atoms with E-state index >= 15 is 0 Å². The number of ether oxygens (including phenoxy) is 1. The zero-order valence-corrected chi connectivity index (χ0v) is 18.2. The standard InChI is InChI=1S/C25H27N3O4/c1-17-12-21(13-18(2)23(17)32-16-19-6-4-9-26-15-19)25(31)28-11-5-10-27-24(30)20-7-3-8-22(29)14-20/h3-4,6-9,12-15,29H,5,10-11,16H2,1-2H3,(H,27,30)(H,28,31). The number of aryl methyl sites for hydroxylation is 2. The van der Waals surface area contributed by atoms with E-state index in [1.165, 1.54) is 12.1 Å². The summed E-state index contributed by atoms with van der Waals surface area (Å²) in [6.07, 6.45) is 4.06. The van der Waals surface area contributed by atoms with Crippen molar-refractivity contribution in [2.45, 2.75) is 26.9 Å². The number of phenols is 1. The summed E-state index contributed by atoms with van der Waals surface area (Å²) in [7, 11) is 0. The number of benzene rings is 2.